The van der Waals surface area contributed by atoms with E-state index in [9.17, 15) is 0 Å². The summed E-state index contributed by atoms with van der Waals surface area (Å²) < 4.78 is 2.09. The van der Waals surface area contributed by atoms with Crippen LogP contribution in [0.3, 0.4) is 0 Å². The van der Waals surface area contributed by atoms with Crippen LogP contribution in [0.15, 0.2) is 30.6 Å². The summed E-state index contributed by atoms with van der Waals surface area (Å²) in [6, 6.07) is 6.24. The number of nitrogens with one attached hydrogen (secondary N) is 1. The van der Waals surface area contributed by atoms with Crippen LogP contribution in [0.1, 0.15) is 12.7 Å². The largest absolute Gasteiger partial charge is 0.355 e. The number of hydrogen-bond donors (Lipinski definition) is 1. The van der Waals surface area contributed by atoms with Crippen LogP contribution in [0, 0.1) is 6.92 Å². The third kappa shape index (κ3) is 2.11. The number of rotatable bonds is 3. The zero-order chi connectivity index (χ0) is 14.1. The summed E-state index contributed by atoms with van der Waals surface area (Å²) in [6.45, 7) is 4.85. The number of anilines is 1. The molecule has 0 aliphatic carbocycles. The molecular weight excluding hydrogens is 250 g/mol. The fraction of sp³-hybridized carbons (Fsp3) is 0.267. The van der Waals surface area contributed by atoms with Gasteiger partial charge in [0.2, 0.25) is 5.95 Å². The number of aryl methyl sites for hydroxylation is 2. The van der Waals surface area contributed by atoms with Gasteiger partial charge in [-0.25, -0.2) is 15.0 Å². The van der Waals surface area contributed by atoms with E-state index in [1.807, 2.05) is 33.3 Å². The van der Waals surface area contributed by atoms with Crippen molar-refractivity contribution in [1.29, 1.82) is 0 Å². The second kappa shape index (κ2) is 4.92. The second-order valence-corrected chi connectivity index (χ2v) is 4.75. The highest BCUT2D eigenvalue weighted by Crippen LogP contribution is 2.23. The number of benzene rings is 1. The first-order chi connectivity index (χ1) is 9.69. The second-order valence-electron chi connectivity index (χ2n) is 4.75. The van der Waals surface area contributed by atoms with E-state index in [-0.39, 0.29) is 0 Å². The molecule has 0 atom stereocenters. The van der Waals surface area contributed by atoms with Gasteiger partial charge in [-0.05, 0) is 31.5 Å². The van der Waals surface area contributed by atoms with Gasteiger partial charge in [0.15, 0.2) is 0 Å². The van der Waals surface area contributed by atoms with Crippen molar-refractivity contribution in [1.82, 2.24) is 19.5 Å². The van der Waals surface area contributed by atoms with Crippen molar-refractivity contribution in [2.45, 2.75) is 13.8 Å². The molecule has 20 heavy (non-hydrogen) atoms. The summed E-state index contributed by atoms with van der Waals surface area (Å²) in [6.07, 6.45) is 3.67. The molecule has 2 heterocycles. The molecule has 5 heteroatoms. The summed E-state index contributed by atoms with van der Waals surface area (Å²) in [4.78, 5) is 13.2. The third-order valence-corrected chi connectivity index (χ3v) is 3.42. The van der Waals surface area contributed by atoms with E-state index in [0.717, 1.165) is 34.5 Å². The van der Waals surface area contributed by atoms with Crippen LogP contribution in [0.25, 0.3) is 22.2 Å². The van der Waals surface area contributed by atoms with Gasteiger partial charge in [-0.15, -0.1) is 0 Å². The van der Waals surface area contributed by atoms with Crippen LogP contribution < -0.4 is 5.32 Å². The minimum absolute atomic E-state index is 0.658. The van der Waals surface area contributed by atoms with Crippen molar-refractivity contribution < 1.29 is 0 Å². The van der Waals surface area contributed by atoms with Crippen LogP contribution in [0.2, 0.25) is 0 Å². The number of fused-ring (bicyclic) bond motifs is 1. The van der Waals surface area contributed by atoms with Gasteiger partial charge in [0.1, 0.15) is 5.82 Å². The molecule has 102 valence electrons. The van der Waals surface area contributed by atoms with Gasteiger partial charge in [-0.1, -0.05) is 6.07 Å². The monoisotopic (exact) mass is 267 g/mol. The van der Waals surface area contributed by atoms with E-state index < -0.39 is 0 Å². The molecule has 0 radical (unpaired) electrons. The van der Waals surface area contributed by atoms with Crippen LogP contribution in [0.4, 0.5) is 5.95 Å². The van der Waals surface area contributed by atoms with Crippen LogP contribution in [0.5, 0.6) is 0 Å². The fourth-order valence-electron chi connectivity index (χ4n) is 2.23. The van der Waals surface area contributed by atoms with Crippen molar-refractivity contribution in [3.05, 3.63) is 36.4 Å². The van der Waals surface area contributed by atoms with E-state index >= 15 is 0 Å². The van der Waals surface area contributed by atoms with Gasteiger partial charge in [-0.2, -0.15) is 0 Å². The van der Waals surface area contributed by atoms with Crippen molar-refractivity contribution in [2.24, 2.45) is 7.05 Å². The molecule has 0 bridgehead atoms. The summed E-state index contributed by atoms with van der Waals surface area (Å²) in [7, 11) is 2.03. The Kier molecular flexibility index (Phi) is 3.10. The van der Waals surface area contributed by atoms with Crippen LogP contribution in [-0.4, -0.2) is 26.1 Å². The Morgan fingerprint density at radius 3 is 2.60 bits per heavy atom. The van der Waals surface area contributed by atoms with Gasteiger partial charge in [0.25, 0.3) is 0 Å². The Hall–Kier alpha value is -2.43. The van der Waals surface area contributed by atoms with Crippen molar-refractivity contribution >= 4 is 17.0 Å². The first kappa shape index (κ1) is 12.6. The lowest BCUT2D eigenvalue weighted by atomic mass is 10.1. The van der Waals surface area contributed by atoms with Gasteiger partial charge in [-0.3, -0.25) is 0 Å². The predicted octanol–water partition coefficient (Wildman–Crippen LogP) is 2.77. The van der Waals surface area contributed by atoms with Gasteiger partial charge in [0, 0.05) is 31.5 Å². The molecule has 3 rings (SSSR count). The summed E-state index contributed by atoms with van der Waals surface area (Å²) >= 11 is 0. The van der Waals surface area contributed by atoms with Crippen LogP contribution in [-0.2, 0) is 7.05 Å². The molecule has 0 fully saturated rings. The van der Waals surface area contributed by atoms with Crippen molar-refractivity contribution in [2.75, 3.05) is 11.9 Å². The maximum atomic E-state index is 4.56. The topological polar surface area (TPSA) is 55.6 Å². The lowest BCUT2D eigenvalue weighted by Gasteiger charge is -2.04. The molecule has 2 aromatic heterocycles. The normalized spacial score (nSPS) is 10.9. The van der Waals surface area contributed by atoms with E-state index in [2.05, 4.69) is 43.0 Å². The van der Waals surface area contributed by atoms with Gasteiger partial charge < -0.3 is 9.88 Å². The maximum Gasteiger partial charge on any atom is 0.222 e. The molecule has 0 saturated carbocycles. The fourth-order valence-corrected chi connectivity index (χ4v) is 2.23. The highest BCUT2D eigenvalue weighted by atomic mass is 15.1. The van der Waals surface area contributed by atoms with E-state index in [0.29, 0.717) is 5.95 Å². The third-order valence-electron chi connectivity index (χ3n) is 3.42. The smallest absolute Gasteiger partial charge is 0.222 e. The maximum absolute atomic E-state index is 4.56. The molecule has 5 nitrogen and oxygen atoms in total. The molecule has 0 unspecified atom stereocenters. The SMILES string of the molecule is CCNc1ncc(-c2ccc3c(c2)nc(C)n3C)cn1. The number of hydrogen-bond acceptors (Lipinski definition) is 4. The molecular formula is C15H17N5. The van der Waals surface area contributed by atoms with Gasteiger partial charge >= 0.3 is 0 Å². The molecule has 0 aliphatic heterocycles. The molecule has 1 N–H and O–H groups in total. The first-order valence-corrected chi connectivity index (χ1v) is 6.68. The molecule has 0 saturated heterocycles. The summed E-state index contributed by atoms with van der Waals surface area (Å²) in [5, 5.41) is 3.09. The minimum atomic E-state index is 0.658. The standard InChI is InChI=1S/C15H17N5/c1-4-16-15-17-8-12(9-18-15)11-5-6-14-13(7-11)19-10(2)20(14)3/h5-9H,4H2,1-3H3,(H,16,17,18). The summed E-state index contributed by atoms with van der Waals surface area (Å²) in [5.74, 6) is 1.67. The quantitative estimate of drug-likeness (QED) is 0.792. The van der Waals surface area contributed by atoms with E-state index in [1.54, 1.807) is 0 Å². The predicted molar refractivity (Wildman–Crippen MR) is 80.6 cm³/mol. The Morgan fingerprint density at radius 1 is 1.15 bits per heavy atom. The van der Waals surface area contributed by atoms with E-state index in [1.165, 1.54) is 0 Å². The Balaban J connectivity index is 2.01. The highest BCUT2D eigenvalue weighted by molar-refractivity contribution is 5.82. The Labute approximate surface area is 117 Å². The van der Waals surface area contributed by atoms with Crippen molar-refractivity contribution in [3.8, 4) is 11.1 Å². The van der Waals surface area contributed by atoms with Crippen LogP contribution >= 0.6 is 0 Å². The first-order valence-electron chi connectivity index (χ1n) is 6.68. The molecule has 1 aromatic carbocycles. The average Bonchev–Trinajstić information content (AvgIpc) is 2.75. The zero-order valence-corrected chi connectivity index (χ0v) is 11.9. The molecule has 3 aromatic rings. The number of nitrogens with zero attached hydrogens (tertiary/aromatic N) is 4. The zero-order valence-electron chi connectivity index (χ0n) is 11.9. The number of imidazole rings is 1. The Morgan fingerprint density at radius 2 is 1.90 bits per heavy atom. The lowest BCUT2D eigenvalue weighted by molar-refractivity contribution is 0.886. The lowest BCUT2D eigenvalue weighted by Crippen LogP contribution is -2.01. The average molecular weight is 267 g/mol. The minimum Gasteiger partial charge on any atom is -0.355 e. The van der Waals surface area contributed by atoms with E-state index in [4.69, 9.17) is 0 Å². The van der Waals surface area contributed by atoms with Gasteiger partial charge in [0.05, 0.1) is 11.0 Å². The molecule has 0 amide bonds. The molecule has 0 aliphatic rings. The number of aromatic nitrogens is 4. The van der Waals surface area contributed by atoms with Crippen molar-refractivity contribution in [3.63, 3.8) is 0 Å². The highest BCUT2D eigenvalue weighted by Gasteiger charge is 2.06. The summed E-state index contributed by atoms with van der Waals surface area (Å²) in [5.41, 5.74) is 4.21. The Bertz CT molecular complexity index is 743. The molecule has 0 spiro atoms.